The van der Waals surface area contributed by atoms with Crippen LogP contribution in [0.4, 0.5) is 0 Å². The van der Waals surface area contributed by atoms with Gasteiger partial charge in [0.1, 0.15) is 0 Å². The van der Waals surface area contributed by atoms with Gasteiger partial charge in [0.15, 0.2) is 5.96 Å². The van der Waals surface area contributed by atoms with Crippen LogP contribution in [0.25, 0.3) is 0 Å². The molecule has 1 heterocycles. The highest BCUT2D eigenvalue weighted by atomic mass is 127. The highest BCUT2D eigenvalue weighted by molar-refractivity contribution is 14.0. The van der Waals surface area contributed by atoms with E-state index in [2.05, 4.69) is 42.2 Å². The quantitative estimate of drug-likeness (QED) is 0.617. The van der Waals surface area contributed by atoms with E-state index < -0.39 is 0 Å². The third-order valence-electron chi connectivity index (χ3n) is 3.91. The van der Waals surface area contributed by atoms with Crippen LogP contribution in [0.2, 0.25) is 0 Å². The summed E-state index contributed by atoms with van der Waals surface area (Å²) >= 11 is 0. The largest absolute Gasteiger partial charge is 0.355 e. The highest BCUT2D eigenvalue weighted by Crippen LogP contribution is 2.33. The Hall–Kier alpha value is -0.260. The van der Waals surface area contributed by atoms with Gasteiger partial charge >= 0.3 is 0 Å². The Kier molecular flexibility index (Phi) is 5.95. The Labute approximate surface area is 128 Å². The van der Waals surface area contributed by atoms with Gasteiger partial charge in [-0.15, -0.1) is 24.0 Å². The smallest absolute Gasteiger partial charge is 0.193 e. The lowest BCUT2D eigenvalue weighted by atomic mass is 9.78. The Morgan fingerprint density at radius 2 is 2.17 bits per heavy atom. The molecule has 0 atom stereocenters. The number of guanidine groups is 1. The third kappa shape index (κ3) is 3.87. The van der Waals surface area contributed by atoms with Crippen LogP contribution in [0.15, 0.2) is 16.6 Å². The van der Waals surface area contributed by atoms with E-state index in [0.717, 1.165) is 25.6 Å². The first-order valence-electron chi connectivity index (χ1n) is 6.78. The molecule has 0 fully saturated rings. The van der Waals surface area contributed by atoms with Crippen LogP contribution in [0, 0.1) is 5.41 Å². The van der Waals surface area contributed by atoms with Gasteiger partial charge in [-0.2, -0.15) is 0 Å². The number of nitrogens with one attached hydrogen (secondary N) is 1. The molecule has 0 aromatic rings. The number of halogens is 1. The summed E-state index contributed by atoms with van der Waals surface area (Å²) in [5.41, 5.74) is 1.88. The molecule has 3 nitrogen and oxygen atoms in total. The average Bonchev–Trinajstić information content (AvgIpc) is 2.74. The second-order valence-electron chi connectivity index (χ2n) is 5.84. The summed E-state index contributed by atoms with van der Waals surface area (Å²) < 4.78 is 0. The van der Waals surface area contributed by atoms with Gasteiger partial charge in [0.05, 0.1) is 6.54 Å². The minimum absolute atomic E-state index is 0. The van der Waals surface area contributed by atoms with E-state index in [-0.39, 0.29) is 29.4 Å². The highest BCUT2D eigenvalue weighted by Gasteiger charge is 2.25. The van der Waals surface area contributed by atoms with Gasteiger partial charge in [-0.3, -0.25) is 4.99 Å². The van der Waals surface area contributed by atoms with E-state index in [1.165, 1.54) is 25.7 Å². The minimum Gasteiger partial charge on any atom is -0.355 e. The number of aliphatic imine (C=N–C) groups is 1. The van der Waals surface area contributed by atoms with Crippen LogP contribution < -0.4 is 5.32 Å². The zero-order chi connectivity index (χ0) is 12.3. The van der Waals surface area contributed by atoms with Crippen molar-refractivity contribution >= 4 is 29.9 Å². The molecule has 1 aliphatic heterocycles. The topological polar surface area (TPSA) is 27.6 Å². The first-order valence-corrected chi connectivity index (χ1v) is 6.78. The van der Waals surface area contributed by atoms with Crippen LogP contribution >= 0.6 is 24.0 Å². The zero-order valence-corrected chi connectivity index (χ0v) is 14.2. The molecule has 2 aliphatic rings. The first kappa shape index (κ1) is 15.8. The Morgan fingerprint density at radius 3 is 2.72 bits per heavy atom. The minimum atomic E-state index is 0. The Bertz CT molecular complexity index is 334. The van der Waals surface area contributed by atoms with Crippen molar-refractivity contribution in [2.75, 3.05) is 26.7 Å². The predicted molar refractivity (Wildman–Crippen MR) is 88.7 cm³/mol. The first-order chi connectivity index (χ1) is 8.09. The molecular weight excluding hydrogens is 337 g/mol. The summed E-state index contributed by atoms with van der Waals surface area (Å²) in [4.78, 5) is 6.68. The van der Waals surface area contributed by atoms with Crippen LogP contribution in [0.5, 0.6) is 0 Å². The van der Waals surface area contributed by atoms with Crippen molar-refractivity contribution in [2.24, 2.45) is 10.4 Å². The molecule has 1 N–H and O–H groups in total. The number of hydrogen-bond donors (Lipinski definition) is 1. The molecule has 0 saturated carbocycles. The Morgan fingerprint density at radius 1 is 1.39 bits per heavy atom. The fourth-order valence-corrected chi connectivity index (χ4v) is 2.59. The molecule has 0 unspecified atom stereocenters. The number of rotatable bonds is 3. The molecule has 0 spiro atoms. The van der Waals surface area contributed by atoms with Crippen molar-refractivity contribution in [1.29, 1.82) is 0 Å². The molecule has 0 saturated heterocycles. The SMILES string of the molecule is CN1CCN=C1NCC(C)(C)C1=CCCCC1.I. The van der Waals surface area contributed by atoms with Crippen molar-refractivity contribution in [3.05, 3.63) is 11.6 Å². The third-order valence-corrected chi connectivity index (χ3v) is 3.91. The van der Waals surface area contributed by atoms with Gasteiger partial charge in [-0.1, -0.05) is 25.5 Å². The van der Waals surface area contributed by atoms with E-state index in [4.69, 9.17) is 0 Å². The van der Waals surface area contributed by atoms with Crippen molar-refractivity contribution in [2.45, 2.75) is 39.5 Å². The van der Waals surface area contributed by atoms with Gasteiger partial charge in [-0.05, 0) is 25.7 Å². The molecule has 0 aromatic carbocycles. The number of allylic oxidation sites excluding steroid dienone is 1. The molecule has 4 heteroatoms. The molecule has 0 aromatic heterocycles. The van der Waals surface area contributed by atoms with E-state index in [0.29, 0.717) is 0 Å². The zero-order valence-electron chi connectivity index (χ0n) is 11.8. The average molecular weight is 363 g/mol. The van der Waals surface area contributed by atoms with Crippen molar-refractivity contribution in [1.82, 2.24) is 10.2 Å². The van der Waals surface area contributed by atoms with Gasteiger partial charge in [0, 0.05) is 25.6 Å². The normalized spacial score (nSPS) is 20.1. The standard InChI is InChI=1S/C14H25N3.HI/c1-14(2,12-7-5-4-6-8-12)11-16-13-15-9-10-17(13)3;/h7H,4-6,8-11H2,1-3H3,(H,15,16);1H. The summed E-state index contributed by atoms with van der Waals surface area (Å²) in [5, 5.41) is 3.50. The van der Waals surface area contributed by atoms with Crippen LogP contribution in [-0.4, -0.2) is 37.5 Å². The molecule has 0 bridgehead atoms. The second kappa shape index (κ2) is 6.78. The summed E-state index contributed by atoms with van der Waals surface area (Å²) in [6, 6.07) is 0. The lowest BCUT2D eigenvalue weighted by Gasteiger charge is -2.31. The lowest BCUT2D eigenvalue weighted by molar-refractivity contribution is 0.400. The van der Waals surface area contributed by atoms with Gasteiger partial charge in [-0.25, -0.2) is 0 Å². The van der Waals surface area contributed by atoms with E-state index in [1.54, 1.807) is 5.57 Å². The van der Waals surface area contributed by atoms with E-state index in [1.807, 2.05) is 0 Å². The van der Waals surface area contributed by atoms with Gasteiger partial charge in [0.2, 0.25) is 0 Å². The fraction of sp³-hybridized carbons (Fsp3) is 0.786. The van der Waals surface area contributed by atoms with Crippen molar-refractivity contribution in [3.8, 4) is 0 Å². The monoisotopic (exact) mass is 363 g/mol. The molecule has 104 valence electrons. The Balaban J connectivity index is 0.00000162. The molecule has 2 rings (SSSR count). The number of hydrogen-bond acceptors (Lipinski definition) is 3. The maximum Gasteiger partial charge on any atom is 0.193 e. The van der Waals surface area contributed by atoms with Gasteiger partial charge < -0.3 is 10.2 Å². The summed E-state index contributed by atoms with van der Waals surface area (Å²) in [7, 11) is 2.10. The van der Waals surface area contributed by atoms with Crippen molar-refractivity contribution < 1.29 is 0 Å². The molecule has 0 amide bonds. The second-order valence-corrected chi connectivity index (χ2v) is 5.84. The summed E-state index contributed by atoms with van der Waals surface area (Å²) in [6.45, 7) is 7.65. The lowest BCUT2D eigenvalue weighted by Crippen LogP contribution is -2.41. The summed E-state index contributed by atoms with van der Waals surface area (Å²) in [5.74, 6) is 1.06. The fourth-order valence-electron chi connectivity index (χ4n) is 2.59. The van der Waals surface area contributed by atoms with Crippen LogP contribution in [0.1, 0.15) is 39.5 Å². The molecular formula is C14H26IN3. The van der Waals surface area contributed by atoms with Crippen LogP contribution in [0.3, 0.4) is 0 Å². The van der Waals surface area contributed by atoms with E-state index in [9.17, 15) is 0 Å². The van der Waals surface area contributed by atoms with Crippen LogP contribution in [-0.2, 0) is 0 Å². The maximum atomic E-state index is 4.48. The van der Waals surface area contributed by atoms with Crippen molar-refractivity contribution in [3.63, 3.8) is 0 Å². The summed E-state index contributed by atoms with van der Waals surface area (Å²) in [6.07, 6.45) is 7.71. The maximum absolute atomic E-state index is 4.48. The molecule has 0 radical (unpaired) electrons. The predicted octanol–water partition coefficient (Wildman–Crippen LogP) is 3.02. The van der Waals surface area contributed by atoms with Gasteiger partial charge in [0.25, 0.3) is 0 Å². The number of likely N-dealkylation sites (N-methyl/N-ethyl adjacent to an activating group) is 1. The molecule has 18 heavy (non-hydrogen) atoms. The molecule has 1 aliphatic carbocycles. The number of nitrogens with zero attached hydrogens (tertiary/aromatic N) is 2. The van der Waals surface area contributed by atoms with E-state index >= 15 is 0 Å².